The fraction of sp³-hybridized carbons (Fsp3) is 0.0667. The fourth-order valence-electron chi connectivity index (χ4n) is 2.11. The summed E-state index contributed by atoms with van der Waals surface area (Å²) >= 11 is 17.1. The number of benzene rings is 1. The van der Waals surface area contributed by atoms with Gasteiger partial charge in [-0.15, -0.1) is 0 Å². The van der Waals surface area contributed by atoms with Gasteiger partial charge in [0, 0.05) is 11.1 Å². The molecule has 2 heterocycles. The maximum Gasteiger partial charge on any atom is 0.437 e. The number of aromatic nitrogens is 4. The second-order valence-corrected chi connectivity index (χ2v) is 6.31. The van der Waals surface area contributed by atoms with E-state index >= 15 is 0 Å². The molecule has 0 aliphatic rings. The quantitative estimate of drug-likeness (QED) is 0.549. The van der Waals surface area contributed by atoms with Gasteiger partial charge < -0.3 is 4.74 Å². The van der Waals surface area contributed by atoms with Gasteiger partial charge in [0.1, 0.15) is 10.3 Å². The van der Waals surface area contributed by atoms with E-state index in [-0.39, 0.29) is 21.9 Å². The van der Waals surface area contributed by atoms with Crippen LogP contribution in [0.5, 0.6) is 5.75 Å². The van der Waals surface area contributed by atoms with Crippen molar-refractivity contribution in [2.75, 3.05) is 5.32 Å². The number of carbonyl (C=O) groups excluding carboxylic acids is 1. The fourth-order valence-corrected chi connectivity index (χ4v) is 2.66. The van der Waals surface area contributed by atoms with E-state index in [1.54, 1.807) is 0 Å². The van der Waals surface area contributed by atoms with Crippen molar-refractivity contribution >= 4 is 46.8 Å². The van der Waals surface area contributed by atoms with Crippen LogP contribution in [0.1, 0.15) is 5.69 Å². The van der Waals surface area contributed by atoms with E-state index in [4.69, 9.17) is 39.5 Å². The van der Waals surface area contributed by atoms with Crippen molar-refractivity contribution in [1.82, 2.24) is 19.7 Å². The van der Waals surface area contributed by atoms with Crippen LogP contribution >= 0.6 is 34.8 Å². The lowest BCUT2D eigenvalue weighted by atomic mass is 10.3. The lowest BCUT2D eigenvalue weighted by Gasteiger charge is -2.12. The first-order chi connectivity index (χ1) is 13.1. The molecule has 0 fully saturated rings. The molecule has 1 aromatic carbocycles. The Morgan fingerprint density at radius 1 is 1.07 bits per heavy atom. The number of rotatable bonds is 3. The van der Waals surface area contributed by atoms with Crippen LogP contribution in [0.3, 0.4) is 0 Å². The molecule has 0 saturated heterocycles. The number of carbonyl (C=O) groups is 1. The van der Waals surface area contributed by atoms with Crippen molar-refractivity contribution in [3.8, 4) is 11.4 Å². The summed E-state index contributed by atoms with van der Waals surface area (Å²) in [6.45, 7) is 0. The second kappa shape index (κ2) is 7.82. The van der Waals surface area contributed by atoms with Crippen LogP contribution < -0.4 is 10.1 Å². The first kappa shape index (κ1) is 20.2. The minimum Gasteiger partial charge on any atom is -0.406 e. The molecule has 28 heavy (non-hydrogen) atoms. The number of halogens is 6. The van der Waals surface area contributed by atoms with Gasteiger partial charge in [0.2, 0.25) is 5.95 Å². The van der Waals surface area contributed by atoms with Crippen molar-refractivity contribution < 1.29 is 22.7 Å². The molecule has 1 amide bonds. The van der Waals surface area contributed by atoms with E-state index in [1.807, 2.05) is 5.32 Å². The maximum atomic E-state index is 13.5. The monoisotopic (exact) mass is 451 g/mol. The predicted molar refractivity (Wildman–Crippen MR) is 95.3 cm³/mol. The van der Waals surface area contributed by atoms with Gasteiger partial charge in [0.25, 0.3) is 0 Å². The topological polar surface area (TPSA) is 81.9 Å². The van der Waals surface area contributed by atoms with E-state index in [0.29, 0.717) is 9.70 Å². The SMILES string of the molecule is O=C(Nc1nc(Cl)cc(Cl)n1)Oc1cnn(-c2ccc(Cl)cc2)c1C(F)(F)F. The van der Waals surface area contributed by atoms with Gasteiger partial charge in [-0.3, -0.25) is 5.32 Å². The van der Waals surface area contributed by atoms with Gasteiger partial charge in [0.15, 0.2) is 11.4 Å². The molecule has 0 aliphatic carbocycles. The minimum absolute atomic E-state index is 0.0666. The number of ether oxygens (including phenoxy) is 1. The third kappa shape index (κ3) is 4.64. The number of hydrogen-bond donors (Lipinski definition) is 1. The molecular formula is C15H7Cl3F3N5O2. The van der Waals surface area contributed by atoms with Crippen molar-refractivity contribution in [3.63, 3.8) is 0 Å². The first-order valence-electron chi connectivity index (χ1n) is 7.23. The molecule has 0 radical (unpaired) electrons. The number of anilines is 1. The molecule has 146 valence electrons. The molecule has 1 N–H and O–H groups in total. The van der Waals surface area contributed by atoms with E-state index in [2.05, 4.69) is 15.1 Å². The molecule has 2 aromatic heterocycles. The highest BCUT2D eigenvalue weighted by Crippen LogP contribution is 2.37. The lowest BCUT2D eigenvalue weighted by molar-refractivity contribution is -0.143. The highest BCUT2D eigenvalue weighted by molar-refractivity contribution is 6.33. The molecule has 0 spiro atoms. The Labute approximate surface area is 170 Å². The number of alkyl halides is 3. The van der Waals surface area contributed by atoms with Gasteiger partial charge in [0.05, 0.1) is 11.9 Å². The first-order valence-corrected chi connectivity index (χ1v) is 8.37. The predicted octanol–water partition coefficient (Wildman–Crippen LogP) is 5.25. The van der Waals surface area contributed by atoms with Crippen molar-refractivity contribution in [1.29, 1.82) is 0 Å². The molecular weight excluding hydrogens is 446 g/mol. The van der Waals surface area contributed by atoms with Crippen molar-refractivity contribution in [2.45, 2.75) is 6.18 Å². The Bertz CT molecular complexity index is 1000. The Morgan fingerprint density at radius 3 is 2.25 bits per heavy atom. The van der Waals surface area contributed by atoms with Gasteiger partial charge in [-0.1, -0.05) is 34.8 Å². The summed E-state index contributed by atoms with van der Waals surface area (Å²) < 4.78 is 45.9. The van der Waals surface area contributed by atoms with Crippen molar-refractivity contribution in [2.24, 2.45) is 0 Å². The van der Waals surface area contributed by atoms with E-state index in [0.717, 1.165) is 6.20 Å². The third-order valence-corrected chi connectivity index (χ3v) is 3.79. The van der Waals surface area contributed by atoms with Crippen LogP contribution in [-0.2, 0) is 6.18 Å². The number of hydrogen-bond acceptors (Lipinski definition) is 5. The minimum atomic E-state index is -4.87. The van der Waals surface area contributed by atoms with Gasteiger partial charge in [-0.2, -0.15) is 18.3 Å². The van der Waals surface area contributed by atoms with Gasteiger partial charge >= 0.3 is 12.3 Å². The molecule has 0 saturated carbocycles. The Morgan fingerprint density at radius 2 is 1.68 bits per heavy atom. The molecule has 3 aromatic rings. The molecule has 3 rings (SSSR count). The molecule has 13 heteroatoms. The lowest BCUT2D eigenvalue weighted by Crippen LogP contribution is -2.21. The van der Waals surface area contributed by atoms with Crippen LogP contribution in [0.15, 0.2) is 36.5 Å². The molecule has 0 aliphatic heterocycles. The Kier molecular flexibility index (Phi) is 5.64. The molecule has 7 nitrogen and oxygen atoms in total. The number of nitrogens with one attached hydrogen (secondary N) is 1. The maximum absolute atomic E-state index is 13.5. The second-order valence-electron chi connectivity index (χ2n) is 5.09. The summed E-state index contributed by atoms with van der Waals surface area (Å²) in [5, 5.41) is 5.85. The smallest absolute Gasteiger partial charge is 0.406 e. The zero-order chi connectivity index (χ0) is 20.5. The standard InChI is InChI=1S/C15H7Cl3F3N5O2/c16-7-1-3-8(4-2-7)26-12(15(19,20)21)9(6-22-26)28-14(27)25-13-23-10(17)5-11(18)24-13/h1-6H,(H,23,24,25,27). The normalized spacial score (nSPS) is 11.4. The average Bonchev–Trinajstić information content (AvgIpc) is 2.98. The van der Waals surface area contributed by atoms with Gasteiger partial charge in [-0.25, -0.2) is 19.4 Å². The van der Waals surface area contributed by atoms with Crippen molar-refractivity contribution in [3.05, 3.63) is 57.6 Å². The van der Waals surface area contributed by atoms with Gasteiger partial charge in [-0.05, 0) is 24.3 Å². The summed E-state index contributed by atoms with van der Waals surface area (Å²) in [7, 11) is 0. The van der Waals surface area contributed by atoms with Crippen LogP contribution in [0.25, 0.3) is 5.69 Å². The van der Waals surface area contributed by atoms with Crippen LogP contribution in [0, 0.1) is 0 Å². The molecule has 0 bridgehead atoms. The number of nitrogens with zero attached hydrogens (tertiary/aromatic N) is 4. The molecule has 0 unspecified atom stereocenters. The number of amides is 1. The van der Waals surface area contributed by atoms with Crippen LogP contribution in [-0.4, -0.2) is 25.8 Å². The molecule has 0 atom stereocenters. The highest BCUT2D eigenvalue weighted by atomic mass is 35.5. The summed E-state index contributed by atoms with van der Waals surface area (Å²) in [5.74, 6) is -1.17. The van der Waals surface area contributed by atoms with Crippen LogP contribution in [0.2, 0.25) is 15.3 Å². The van der Waals surface area contributed by atoms with E-state index < -0.39 is 23.7 Å². The van der Waals surface area contributed by atoms with E-state index in [1.165, 1.54) is 30.3 Å². The Hall–Kier alpha value is -2.56. The summed E-state index contributed by atoms with van der Waals surface area (Å²) in [5.41, 5.74) is -1.23. The summed E-state index contributed by atoms with van der Waals surface area (Å²) in [6.07, 6.45) is -5.41. The third-order valence-electron chi connectivity index (χ3n) is 3.16. The zero-order valence-electron chi connectivity index (χ0n) is 13.3. The summed E-state index contributed by atoms with van der Waals surface area (Å²) in [4.78, 5) is 19.3. The zero-order valence-corrected chi connectivity index (χ0v) is 15.6. The largest absolute Gasteiger partial charge is 0.437 e. The van der Waals surface area contributed by atoms with E-state index in [9.17, 15) is 18.0 Å². The van der Waals surface area contributed by atoms with Crippen LogP contribution in [0.4, 0.5) is 23.9 Å². The summed E-state index contributed by atoms with van der Waals surface area (Å²) in [6, 6.07) is 6.66. The average molecular weight is 453 g/mol. The highest BCUT2D eigenvalue weighted by Gasteiger charge is 2.40. The Balaban J connectivity index is 1.89.